The molecular weight excluding hydrogens is 390 g/mol. The fourth-order valence-electron chi connectivity index (χ4n) is 3.36. The Balaban J connectivity index is 1.43. The van der Waals surface area contributed by atoms with E-state index in [1.165, 1.54) is 0 Å². The highest BCUT2D eigenvalue weighted by molar-refractivity contribution is 6.00. The zero-order valence-corrected chi connectivity index (χ0v) is 17.4. The predicted octanol–water partition coefficient (Wildman–Crippen LogP) is 4.53. The van der Waals surface area contributed by atoms with Crippen LogP contribution >= 0.6 is 0 Å². The van der Waals surface area contributed by atoms with Gasteiger partial charge < -0.3 is 14.0 Å². The SMILES string of the molecule is COc1cc(C(=O)NN=Cc2cn(C)c3ccccc23)ccc1OCc1ccccc1. The minimum atomic E-state index is -0.329. The van der Waals surface area contributed by atoms with Crippen molar-refractivity contribution < 1.29 is 14.3 Å². The standard InChI is InChI=1S/C25H23N3O3/c1-28-16-20(21-10-6-7-11-22(21)28)15-26-27-25(29)19-12-13-23(24(14-19)30-2)31-17-18-8-4-3-5-9-18/h3-16H,17H2,1-2H3,(H,27,29). The number of fused-ring (bicyclic) bond motifs is 1. The number of amides is 1. The van der Waals surface area contributed by atoms with Crippen LogP contribution in [0.15, 0.2) is 84.1 Å². The number of nitrogens with one attached hydrogen (secondary N) is 1. The normalized spacial score (nSPS) is 11.0. The Labute approximate surface area is 180 Å². The molecule has 156 valence electrons. The third-order valence-corrected chi connectivity index (χ3v) is 4.96. The molecule has 6 nitrogen and oxygen atoms in total. The average Bonchev–Trinajstić information content (AvgIpc) is 3.14. The number of para-hydroxylation sites is 1. The number of hydrogen-bond donors (Lipinski definition) is 1. The first-order valence-corrected chi connectivity index (χ1v) is 9.88. The molecular formula is C25H23N3O3. The molecule has 0 unspecified atom stereocenters. The second-order valence-corrected chi connectivity index (χ2v) is 7.05. The van der Waals surface area contributed by atoms with Crippen molar-refractivity contribution in [3.8, 4) is 11.5 Å². The molecule has 31 heavy (non-hydrogen) atoms. The molecule has 0 atom stereocenters. The molecule has 0 spiro atoms. The van der Waals surface area contributed by atoms with Crippen LogP contribution in [0.4, 0.5) is 0 Å². The number of carbonyl (C=O) groups excluding carboxylic acids is 1. The van der Waals surface area contributed by atoms with Crippen molar-refractivity contribution in [2.75, 3.05) is 7.11 Å². The molecule has 0 aliphatic heterocycles. The van der Waals surface area contributed by atoms with E-state index in [4.69, 9.17) is 9.47 Å². The topological polar surface area (TPSA) is 64.8 Å². The molecule has 4 aromatic rings. The van der Waals surface area contributed by atoms with Crippen molar-refractivity contribution in [3.05, 3.63) is 95.7 Å². The second kappa shape index (κ2) is 9.17. The van der Waals surface area contributed by atoms with Gasteiger partial charge >= 0.3 is 0 Å². The first kappa shape index (κ1) is 20.2. The largest absolute Gasteiger partial charge is 0.493 e. The maximum atomic E-state index is 12.5. The molecule has 1 N–H and O–H groups in total. The summed E-state index contributed by atoms with van der Waals surface area (Å²) in [5.74, 6) is 0.730. The summed E-state index contributed by atoms with van der Waals surface area (Å²) in [5, 5.41) is 5.20. The highest BCUT2D eigenvalue weighted by Gasteiger charge is 2.11. The quantitative estimate of drug-likeness (QED) is 0.358. The van der Waals surface area contributed by atoms with Crippen LogP contribution in [-0.4, -0.2) is 23.8 Å². The van der Waals surface area contributed by atoms with Gasteiger partial charge in [-0.3, -0.25) is 4.79 Å². The van der Waals surface area contributed by atoms with Crippen LogP contribution in [0.2, 0.25) is 0 Å². The van der Waals surface area contributed by atoms with Crippen LogP contribution in [0.5, 0.6) is 11.5 Å². The Hall–Kier alpha value is -4.06. The smallest absolute Gasteiger partial charge is 0.271 e. The molecule has 0 radical (unpaired) electrons. The minimum absolute atomic E-state index is 0.329. The Morgan fingerprint density at radius 2 is 1.81 bits per heavy atom. The zero-order chi connectivity index (χ0) is 21.6. The van der Waals surface area contributed by atoms with E-state index in [0.717, 1.165) is 22.0 Å². The van der Waals surface area contributed by atoms with Crippen molar-refractivity contribution in [1.29, 1.82) is 0 Å². The highest BCUT2D eigenvalue weighted by atomic mass is 16.5. The van der Waals surface area contributed by atoms with E-state index in [2.05, 4.69) is 10.5 Å². The van der Waals surface area contributed by atoms with Gasteiger partial charge in [-0.05, 0) is 29.8 Å². The van der Waals surface area contributed by atoms with E-state index in [1.807, 2.05) is 72.4 Å². The molecule has 1 aromatic heterocycles. The lowest BCUT2D eigenvalue weighted by Gasteiger charge is -2.12. The highest BCUT2D eigenvalue weighted by Crippen LogP contribution is 2.29. The van der Waals surface area contributed by atoms with E-state index in [0.29, 0.717) is 23.7 Å². The molecule has 1 amide bonds. The fraction of sp³-hybridized carbons (Fsp3) is 0.120. The number of ether oxygens (including phenoxy) is 2. The molecule has 0 fully saturated rings. The lowest BCUT2D eigenvalue weighted by atomic mass is 10.2. The summed E-state index contributed by atoms with van der Waals surface area (Å²) in [6.45, 7) is 0.415. The Morgan fingerprint density at radius 1 is 1.03 bits per heavy atom. The van der Waals surface area contributed by atoms with E-state index < -0.39 is 0 Å². The summed E-state index contributed by atoms with van der Waals surface area (Å²) in [5.41, 5.74) is 6.09. The van der Waals surface area contributed by atoms with Crippen molar-refractivity contribution in [2.45, 2.75) is 6.61 Å². The van der Waals surface area contributed by atoms with Crippen molar-refractivity contribution in [3.63, 3.8) is 0 Å². The van der Waals surface area contributed by atoms with Gasteiger partial charge in [-0.25, -0.2) is 5.43 Å². The summed E-state index contributed by atoms with van der Waals surface area (Å²) in [7, 11) is 3.52. The predicted molar refractivity (Wildman–Crippen MR) is 122 cm³/mol. The molecule has 0 saturated carbocycles. The van der Waals surface area contributed by atoms with Crippen LogP contribution in [0.25, 0.3) is 10.9 Å². The number of rotatable bonds is 7. The summed E-state index contributed by atoms with van der Waals surface area (Å²) in [6, 6.07) is 22.9. The monoisotopic (exact) mass is 413 g/mol. The molecule has 0 aliphatic rings. The number of nitrogens with zero attached hydrogens (tertiary/aromatic N) is 2. The van der Waals surface area contributed by atoms with Gasteiger partial charge in [0.15, 0.2) is 11.5 Å². The van der Waals surface area contributed by atoms with E-state index in [1.54, 1.807) is 31.5 Å². The Morgan fingerprint density at radius 3 is 2.61 bits per heavy atom. The Kier molecular flexibility index (Phi) is 5.98. The van der Waals surface area contributed by atoms with Crippen LogP contribution in [0.3, 0.4) is 0 Å². The number of aryl methyl sites for hydroxylation is 1. The van der Waals surface area contributed by atoms with Crippen molar-refractivity contribution in [2.24, 2.45) is 12.1 Å². The fourth-order valence-corrected chi connectivity index (χ4v) is 3.36. The number of hydrogen-bond acceptors (Lipinski definition) is 4. The summed E-state index contributed by atoms with van der Waals surface area (Å²) in [4.78, 5) is 12.5. The number of methoxy groups -OCH3 is 1. The molecule has 0 aliphatic carbocycles. The van der Waals surface area contributed by atoms with Gasteiger partial charge in [-0.1, -0.05) is 48.5 Å². The van der Waals surface area contributed by atoms with Crippen LogP contribution in [0.1, 0.15) is 21.5 Å². The van der Waals surface area contributed by atoms with Crippen molar-refractivity contribution in [1.82, 2.24) is 9.99 Å². The third-order valence-electron chi connectivity index (χ3n) is 4.96. The maximum absolute atomic E-state index is 12.5. The zero-order valence-electron chi connectivity index (χ0n) is 17.4. The summed E-state index contributed by atoms with van der Waals surface area (Å²) < 4.78 is 13.3. The van der Waals surface area contributed by atoms with Gasteiger partial charge in [0.1, 0.15) is 6.61 Å². The van der Waals surface area contributed by atoms with Crippen LogP contribution in [-0.2, 0) is 13.7 Å². The van der Waals surface area contributed by atoms with Gasteiger partial charge in [-0.15, -0.1) is 0 Å². The number of hydrazone groups is 1. The van der Waals surface area contributed by atoms with Gasteiger partial charge in [0, 0.05) is 35.3 Å². The van der Waals surface area contributed by atoms with E-state index in [-0.39, 0.29) is 5.91 Å². The van der Waals surface area contributed by atoms with Gasteiger partial charge in [-0.2, -0.15) is 5.10 Å². The first-order chi connectivity index (χ1) is 15.2. The van der Waals surface area contributed by atoms with Crippen LogP contribution in [0, 0.1) is 0 Å². The molecule has 3 aromatic carbocycles. The molecule has 0 bridgehead atoms. The second-order valence-electron chi connectivity index (χ2n) is 7.05. The van der Waals surface area contributed by atoms with Gasteiger partial charge in [0.05, 0.1) is 13.3 Å². The van der Waals surface area contributed by atoms with E-state index >= 15 is 0 Å². The minimum Gasteiger partial charge on any atom is -0.493 e. The van der Waals surface area contributed by atoms with Gasteiger partial charge in [0.2, 0.25) is 0 Å². The number of carbonyl (C=O) groups is 1. The summed E-state index contributed by atoms with van der Waals surface area (Å²) >= 11 is 0. The molecule has 6 heteroatoms. The third kappa shape index (κ3) is 4.59. The molecule has 0 saturated heterocycles. The average molecular weight is 413 g/mol. The number of benzene rings is 3. The summed E-state index contributed by atoms with van der Waals surface area (Å²) in [6.07, 6.45) is 3.62. The van der Waals surface area contributed by atoms with Crippen LogP contribution < -0.4 is 14.9 Å². The molecule has 1 heterocycles. The van der Waals surface area contributed by atoms with Crippen molar-refractivity contribution >= 4 is 23.0 Å². The lowest BCUT2D eigenvalue weighted by Crippen LogP contribution is -2.17. The Bertz CT molecular complexity index is 1230. The maximum Gasteiger partial charge on any atom is 0.271 e. The first-order valence-electron chi connectivity index (χ1n) is 9.88. The van der Waals surface area contributed by atoms with Gasteiger partial charge in [0.25, 0.3) is 5.91 Å². The lowest BCUT2D eigenvalue weighted by molar-refractivity contribution is 0.0954. The number of aromatic nitrogens is 1. The van der Waals surface area contributed by atoms with E-state index in [9.17, 15) is 4.79 Å². The molecule has 4 rings (SSSR count).